The molecule has 0 aliphatic rings. The number of rotatable bonds is 8. The number of amides is 2. The summed E-state index contributed by atoms with van der Waals surface area (Å²) < 4.78 is 4.42. The summed E-state index contributed by atoms with van der Waals surface area (Å²) in [7, 11) is 1.22. The number of aromatic nitrogens is 2. The molecule has 0 fully saturated rings. The van der Waals surface area contributed by atoms with Crippen molar-refractivity contribution in [1.82, 2.24) is 20.6 Å². The summed E-state index contributed by atoms with van der Waals surface area (Å²) in [5.41, 5.74) is 0. The number of carboxylic acid groups (broad SMARTS) is 1. The van der Waals surface area contributed by atoms with Crippen LogP contribution in [0.4, 0.5) is 4.79 Å². The van der Waals surface area contributed by atoms with Crippen molar-refractivity contribution in [2.24, 2.45) is 0 Å². The molecule has 0 aliphatic heterocycles. The number of ether oxygens (including phenoxy) is 1. The number of aliphatic carboxylic acids is 1. The number of urea groups is 1. The number of methoxy groups -OCH3 is 1. The van der Waals surface area contributed by atoms with Crippen molar-refractivity contribution >= 4 is 18.0 Å². The molecule has 4 N–H and O–H groups in total. The average molecular weight is 298 g/mol. The van der Waals surface area contributed by atoms with Crippen LogP contribution in [0.1, 0.15) is 18.7 Å². The van der Waals surface area contributed by atoms with E-state index in [2.05, 4.69) is 25.3 Å². The number of carbonyl (C=O) groups is 3. The Bertz CT molecular complexity index is 474. The average Bonchev–Trinajstić information content (AvgIpc) is 2.95. The summed E-state index contributed by atoms with van der Waals surface area (Å²) in [5.74, 6) is -1.02. The summed E-state index contributed by atoms with van der Waals surface area (Å²) >= 11 is 0. The van der Waals surface area contributed by atoms with Gasteiger partial charge in [0.25, 0.3) is 0 Å². The van der Waals surface area contributed by atoms with Gasteiger partial charge in [0.1, 0.15) is 11.9 Å². The van der Waals surface area contributed by atoms with Gasteiger partial charge in [-0.15, -0.1) is 0 Å². The van der Waals surface area contributed by atoms with Gasteiger partial charge in [0.05, 0.1) is 7.11 Å². The Morgan fingerprint density at radius 3 is 2.81 bits per heavy atom. The first kappa shape index (κ1) is 16.5. The second kappa shape index (κ2) is 8.56. The molecule has 0 saturated heterocycles. The summed E-state index contributed by atoms with van der Waals surface area (Å²) in [5, 5.41) is 13.8. The molecule has 1 rings (SSSR count). The number of carboxylic acids is 1. The summed E-state index contributed by atoms with van der Waals surface area (Å²) in [6, 6.07) is -1.76. The van der Waals surface area contributed by atoms with E-state index in [-0.39, 0.29) is 12.8 Å². The quantitative estimate of drug-likeness (QED) is 0.485. The maximum atomic E-state index is 11.6. The third kappa shape index (κ3) is 6.41. The second-order valence-corrected chi connectivity index (χ2v) is 4.19. The minimum atomic E-state index is -1.21. The van der Waals surface area contributed by atoms with E-state index in [0.29, 0.717) is 13.0 Å². The molecule has 116 valence electrons. The Morgan fingerprint density at radius 1 is 1.48 bits per heavy atom. The molecule has 1 heterocycles. The van der Waals surface area contributed by atoms with Gasteiger partial charge in [0, 0.05) is 31.8 Å². The van der Waals surface area contributed by atoms with Crippen LogP contribution in [0.5, 0.6) is 0 Å². The van der Waals surface area contributed by atoms with Crippen molar-refractivity contribution in [1.29, 1.82) is 0 Å². The molecule has 0 aliphatic carbocycles. The van der Waals surface area contributed by atoms with Crippen LogP contribution in [0.15, 0.2) is 12.4 Å². The number of aromatic amines is 1. The first-order valence-electron chi connectivity index (χ1n) is 6.35. The summed E-state index contributed by atoms with van der Waals surface area (Å²) in [6.07, 6.45) is 3.65. The van der Waals surface area contributed by atoms with Gasteiger partial charge in [0.2, 0.25) is 0 Å². The van der Waals surface area contributed by atoms with Crippen LogP contribution < -0.4 is 10.6 Å². The fourth-order valence-electron chi connectivity index (χ4n) is 1.56. The predicted molar refractivity (Wildman–Crippen MR) is 71.5 cm³/mol. The summed E-state index contributed by atoms with van der Waals surface area (Å²) in [4.78, 5) is 40.4. The van der Waals surface area contributed by atoms with Gasteiger partial charge in [-0.05, 0) is 6.42 Å². The Hall–Kier alpha value is -2.58. The van der Waals surface area contributed by atoms with Crippen molar-refractivity contribution < 1.29 is 24.2 Å². The number of nitrogens with one attached hydrogen (secondary N) is 3. The molecule has 0 bridgehead atoms. The number of nitrogens with zero attached hydrogens (tertiary/aromatic N) is 1. The normalized spacial score (nSPS) is 11.5. The first-order valence-corrected chi connectivity index (χ1v) is 6.35. The number of esters is 1. The van der Waals surface area contributed by atoms with Crippen LogP contribution in [-0.2, 0) is 20.7 Å². The predicted octanol–water partition coefficient (Wildman–Crippen LogP) is -0.342. The zero-order chi connectivity index (χ0) is 15.7. The lowest BCUT2D eigenvalue weighted by atomic mass is 10.1. The van der Waals surface area contributed by atoms with Crippen LogP contribution in [0.2, 0.25) is 0 Å². The van der Waals surface area contributed by atoms with E-state index >= 15 is 0 Å². The molecule has 0 spiro atoms. The van der Waals surface area contributed by atoms with Gasteiger partial charge in [-0.1, -0.05) is 0 Å². The van der Waals surface area contributed by atoms with Crippen LogP contribution >= 0.6 is 0 Å². The zero-order valence-electron chi connectivity index (χ0n) is 11.6. The van der Waals surface area contributed by atoms with Crippen molar-refractivity contribution in [3.05, 3.63) is 18.2 Å². The lowest BCUT2D eigenvalue weighted by Crippen LogP contribution is -2.46. The molecule has 1 aromatic heterocycles. The molecule has 0 saturated carbocycles. The number of hydrogen-bond acceptors (Lipinski definition) is 5. The van der Waals surface area contributed by atoms with Crippen molar-refractivity contribution in [2.75, 3.05) is 13.7 Å². The van der Waals surface area contributed by atoms with E-state index in [9.17, 15) is 14.4 Å². The maximum absolute atomic E-state index is 11.6. The van der Waals surface area contributed by atoms with Crippen molar-refractivity contribution in [2.45, 2.75) is 25.3 Å². The van der Waals surface area contributed by atoms with E-state index in [1.54, 1.807) is 12.4 Å². The molecule has 2 amide bonds. The van der Waals surface area contributed by atoms with Gasteiger partial charge < -0.3 is 25.5 Å². The van der Waals surface area contributed by atoms with E-state index in [0.717, 1.165) is 5.82 Å². The van der Waals surface area contributed by atoms with Crippen LogP contribution in [0, 0.1) is 0 Å². The molecule has 0 aromatic carbocycles. The maximum Gasteiger partial charge on any atom is 0.326 e. The highest BCUT2D eigenvalue weighted by Gasteiger charge is 2.20. The third-order valence-corrected chi connectivity index (χ3v) is 2.67. The van der Waals surface area contributed by atoms with E-state index in [1.165, 1.54) is 7.11 Å². The standard InChI is InChI=1S/C12H18N4O5/c1-21-10(17)3-2-8(11(18)19)16-12(20)15-5-4-9-13-6-7-14-9/h6-8H,2-5H2,1H3,(H,13,14)(H,18,19)(H2,15,16,20)/t8-/m0/s1. The SMILES string of the molecule is COC(=O)CC[C@H](NC(=O)NCCc1ncc[nH]1)C(=O)O. The highest BCUT2D eigenvalue weighted by atomic mass is 16.5. The van der Waals surface area contributed by atoms with E-state index in [4.69, 9.17) is 5.11 Å². The molecular formula is C12H18N4O5. The first-order chi connectivity index (χ1) is 10.0. The van der Waals surface area contributed by atoms with Crippen LogP contribution in [-0.4, -0.2) is 52.7 Å². The highest BCUT2D eigenvalue weighted by molar-refractivity contribution is 5.83. The smallest absolute Gasteiger partial charge is 0.326 e. The molecule has 1 aromatic rings. The van der Waals surface area contributed by atoms with Gasteiger partial charge >= 0.3 is 18.0 Å². The van der Waals surface area contributed by atoms with Crippen molar-refractivity contribution in [3.63, 3.8) is 0 Å². The molecule has 1 atom stereocenters. The molecule has 21 heavy (non-hydrogen) atoms. The van der Waals surface area contributed by atoms with Crippen LogP contribution in [0.3, 0.4) is 0 Å². The molecule has 0 radical (unpaired) electrons. The topological polar surface area (TPSA) is 133 Å². The Balaban J connectivity index is 2.31. The van der Waals surface area contributed by atoms with E-state index < -0.39 is 24.0 Å². The third-order valence-electron chi connectivity index (χ3n) is 2.67. The Labute approximate surface area is 121 Å². The number of hydrogen-bond donors (Lipinski definition) is 4. The number of carbonyl (C=O) groups excluding carboxylic acids is 2. The molecular weight excluding hydrogens is 280 g/mol. The molecule has 0 unspecified atom stereocenters. The van der Waals surface area contributed by atoms with Gasteiger partial charge in [-0.3, -0.25) is 4.79 Å². The lowest BCUT2D eigenvalue weighted by Gasteiger charge is -2.14. The molecule has 9 heteroatoms. The van der Waals surface area contributed by atoms with Crippen molar-refractivity contribution in [3.8, 4) is 0 Å². The largest absolute Gasteiger partial charge is 0.480 e. The van der Waals surface area contributed by atoms with Gasteiger partial charge in [-0.2, -0.15) is 0 Å². The van der Waals surface area contributed by atoms with Crippen LogP contribution in [0.25, 0.3) is 0 Å². The fraction of sp³-hybridized carbons (Fsp3) is 0.500. The Morgan fingerprint density at radius 2 is 2.24 bits per heavy atom. The monoisotopic (exact) mass is 298 g/mol. The Kier molecular flexibility index (Phi) is 6.72. The molecule has 9 nitrogen and oxygen atoms in total. The minimum absolute atomic E-state index is 0.0341. The highest BCUT2D eigenvalue weighted by Crippen LogP contribution is 1.99. The number of imidazole rings is 1. The van der Waals surface area contributed by atoms with Gasteiger partial charge in [0.15, 0.2) is 0 Å². The van der Waals surface area contributed by atoms with E-state index in [1.807, 2.05) is 0 Å². The second-order valence-electron chi connectivity index (χ2n) is 4.19. The zero-order valence-corrected chi connectivity index (χ0v) is 11.6. The van der Waals surface area contributed by atoms with Gasteiger partial charge in [-0.25, -0.2) is 14.6 Å². The minimum Gasteiger partial charge on any atom is -0.480 e. The number of H-pyrrole nitrogens is 1. The summed E-state index contributed by atoms with van der Waals surface area (Å²) in [6.45, 7) is 0.308. The lowest BCUT2D eigenvalue weighted by molar-refractivity contribution is -0.142. The fourth-order valence-corrected chi connectivity index (χ4v) is 1.56.